The van der Waals surface area contributed by atoms with Crippen molar-refractivity contribution in [3.05, 3.63) is 71.8 Å². The van der Waals surface area contributed by atoms with Gasteiger partial charge in [-0.3, -0.25) is 4.79 Å². The Labute approximate surface area is 129 Å². The molecule has 0 aliphatic rings. The summed E-state index contributed by atoms with van der Waals surface area (Å²) < 4.78 is 4.93. The molecule has 0 radical (unpaired) electrons. The van der Waals surface area contributed by atoms with Crippen LogP contribution < -0.4 is 5.32 Å². The fourth-order valence-corrected chi connectivity index (χ4v) is 1.86. The van der Waals surface area contributed by atoms with Crippen LogP contribution in [0, 0.1) is 0 Å². The zero-order chi connectivity index (χ0) is 15.8. The Morgan fingerprint density at radius 1 is 1.09 bits per heavy atom. The number of esters is 1. The minimum atomic E-state index is -0.404. The van der Waals surface area contributed by atoms with Crippen LogP contribution in [0.5, 0.6) is 0 Å². The fraction of sp³-hybridized carbons (Fsp3) is 0.111. The summed E-state index contributed by atoms with van der Waals surface area (Å²) in [4.78, 5) is 23.5. The Morgan fingerprint density at radius 2 is 1.86 bits per heavy atom. The predicted octanol–water partition coefficient (Wildman–Crippen LogP) is 3.52. The topological polar surface area (TPSA) is 55.4 Å². The van der Waals surface area contributed by atoms with Crippen LogP contribution in [0.2, 0.25) is 0 Å². The van der Waals surface area contributed by atoms with Crippen LogP contribution in [0.15, 0.2) is 60.7 Å². The number of amides is 1. The molecule has 0 aromatic heterocycles. The minimum absolute atomic E-state index is 0.259. The van der Waals surface area contributed by atoms with Crippen molar-refractivity contribution in [3.8, 4) is 0 Å². The van der Waals surface area contributed by atoms with Gasteiger partial charge in [-0.15, -0.1) is 0 Å². The molecule has 0 bridgehead atoms. The van der Waals surface area contributed by atoms with E-state index in [-0.39, 0.29) is 5.91 Å². The van der Waals surface area contributed by atoms with Crippen molar-refractivity contribution in [2.75, 3.05) is 11.9 Å². The predicted molar refractivity (Wildman–Crippen MR) is 86.5 cm³/mol. The lowest BCUT2D eigenvalue weighted by atomic mass is 10.2. The van der Waals surface area contributed by atoms with Crippen molar-refractivity contribution in [1.29, 1.82) is 0 Å². The van der Waals surface area contributed by atoms with Crippen molar-refractivity contribution in [2.45, 2.75) is 6.92 Å². The smallest absolute Gasteiger partial charge is 0.338 e. The average molecular weight is 295 g/mol. The molecule has 0 aliphatic heterocycles. The highest BCUT2D eigenvalue weighted by atomic mass is 16.5. The molecule has 0 spiro atoms. The Morgan fingerprint density at radius 3 is 2.59 bits per heavy atom. The summed E-state index contributed by atoms with van der Waals surface area (Å²) in [5, 5.41) is 2.72. The van der Waals surface area contributed by atoms with Gasteiger partial charge in [0.25, 0.3) is 0 Å². The van der Waals surface area contributed by atoms with E-state index in [1.54, 1.807) is 37.3 Å². The van der Waals surface area contributed by atoms with Crippen LogP contribution in [-0.4, -0.2) is 18.5 Å². The molecule has 0 aliphatic carbocycles. The molecular formula is C18H17NO3. The molecule has 0 saturated heterocycles. The molecule has 2 aromatic rings. The molecule has 4 heteroatoms. The van der Waals surface area contributed by atoms with Gasteiger partial charge in [0, 0.05) is 11.8 Å². The number of hydrogen-bond donors (Lipinski definition) is 1. The van der Waals surface area contributed by atoms with Gasteiger partial charge in [0.2, 0.25) is 5.91 Å². The van der Waals surface area contributed by atoms with Crippen molar-refractivity contribution < 1.29 is 14.3 Å². The number of nitrogens with one attached hydrogen (secondary N) is 1. The number of ether oxygens (including phenoxy) is 1. The lowest BCUT2D eigenvalue weighted by Gasteiger charge is -2.05. The standard InChI is InChI=1S/C18H17NO3/c1-2-22-18(21)15-9-6-10-16(13-15)19-17(20)12-11-14-7-4-3-5-8-14/h3-13H,2H2,1H3,(H,19,20). The van der Waals surface area contributed by atoms with Gasteiger partial charge in [0.1, 0.15) is 0 Å². The molecule has 0 saturated carbocycles. The van der Waals surface area contributed by atoms with Gasteiger partial charge in [-0.2, -0.15) is 0 Å². The summed E-state index contributed by atoms with van der Waals surface area (Å²) in [5.41, 5.74) is 1.90. The molecule has 0 fully saturated rings. The highest BCUT2D eigenvalue weighted by Gasteiger charge is 2.07. The van der Waals surface area contributed by atoms with E-state index >= 15 is 0 Å². The number of carbonyl (C=O) groups is 2. The van der Waals surface area contributed by atoms with Crippen LogP contribution in [0.3, 0.4) is 0 Å². The molecule has 22 heavy (non-hydrogen) atoms. The van der Waals surface area contributed by atoms with Crippen LogP contribution in [0.25, 0.3) is 6.08 Å². The summed E-state index contributed by atoms with van der Waals surface area (Å²) in [6, 6.07) is 16.2. The normalized spacial score (nSPS) is 10.4. The fourth-order valence-electron chi connectivity index (χ4n) is 1.86. The zero-order valence-electron chi connectivity index (χ0n) is 12.3. The van der Waals surface area contributed by atoms with Gasteiger partial charge in [-0.05, 0) is 36.8 Å². The maximum absolute atomic E-state index is 11.9. The second-order valence-corrected chi connectivity index (χ2v) is 4.53. The maximum atomic E-state index is 11.9. The van der Waals surface area contributed by atoms with E-state index in [1.807, 2.05) is 30.3 Å². The third kappa shape index (κ3) is 4.59. The second-order valence-electron chi connectivity index (χ2n) is 4.53. The van der Waals surface area contributed by atoms with E-state index in [1.165, 1.54) is 6.08 Å². The van der Waals surface area contributed by atoms with Gasteiger partial charge < -0.3 is 10.1 Å². The minimum Gasteiger partial charge on any atom is -0.462 e. The van der Waals surface area contributed by atoms with E-state index in [0.717, 1.165) is 5.56 Å². The molecule has 0 unspecified atom stereocenters. The Kier molecular flexibility index (Phi) is 5.49. The molecule has 0 atom stereocenters. The molecule has 4 nitrogen and oxygen atoms in total. The summed E-state index contributed by atoms with van der Waals surface area (Å²) in [6.45, 7) is 2.06. The molecule has 1 amide bonds. The molecule has 112 valence electrons. The third-order valence-corrected chi connectivity index (χ3v) is 2.87. The van der Waals surface area contributed by atoms with Crippen LogP contribution in [0.1, 0.15) is 22.8 Å². The summed E-state index contributed by atoms with van der Waals surface area (Å²) >= 11 is 0. The van der Waals surface area contributed by atoms with E-state index in [2.05, 4.69) is 5.32 Å². The zero-order valence-corrected chi connectivity index (χ0v) is 12.3. The first-order chi connectivity index (χ1) is 10.7. The number of hydrogen-bond acceptors (Lipinski definition) is 3. The average Bonchev–Trinajstić information content (AvgIpc) is 2.54. The van der Waals surface area contributed by atoms with E-state index in [9.17, 15) is 9.59 Å². The first-order valence-electron chi connectivity index (χ1n) is 7.00. The number of carbonyl (C=O) groups excluding carboxylic acids is 2. The van der Waals surface area contributed by atoms with E-state index < -0.39 is 5.97 Å². The van der Waals surface area contributed by atoms with Crippen LogP contribution in [-0.2, 0) is 9.53 Å². The molecule has 2 rings (SSSR count). The first-order valence-corrected chi connectivity index (χ1v) is 7.00. The van der Waals surface area contributed by atoms with Gasteiger partial charge in [-0.25, -0.2) is 4.79 Å². The molecule has 1 N–H and O–H groups in total. The number of benzene rings is 2. The lowest BCUT2D eigenvalue weighted by molar-refractivity contribution is -0.111. The second kappa shape index (κ2) is 7.78. The maximum Gasteiger partial charge on any atom is 0.338 e. The summed E-state index contributed by atoms with van der Waals surface area (Å²) in [7, 11) is 0. The Balaban J connectivity index is 2.01. The Hall–Kier alpha value is -2.88. The van der Waals surface area contributed by atoms with Gasteiger partial charge in [-0.1, -0.05) is 36.4 Å². The summed E-state index contributed by atoms with van der Waals surface area (Å²) in [5.74, 6) is -0.664. The Bertz CT molecular complexity index is 678. The van der Waals surface area contributed by atoms with Crippen molar-refractivity contribution in [3.63, 3.8) is 0 Å². The van der Waals surface area contributed by atoms with Gasteiger partial charge >= 0.3 is 5.97 Å². The number of anilines is 1. The van der Waals surface area contributed by atoms with Gasteiger partial charge in [0.15, 0.2) is 0 Å². The number of rotatable bonds is 5. The van der Waals surface area contributed by atoms with E-state index in [0.29, 0.717) is 17.9 Å². The molecular weight excluding hydrogens is 278 g/mol. The van der Waals surface area contributed by atoms with Crippen molar-refractivity contribution in [2.24, 2.45) is 0 Å². The quantitative estimate of drug-likeness (QED) is 0.678. The summed E-state index contributed by atoms with van der Waals surface area (Å²) in [6.07, 6.45) is 3.18. The SMILES string of the molecule is CCOC(=O)c1cccc(NC(=O)C=Cc2ccccc2)c1. The van der Waals surface area contributed by atoms with Crippen molar-refractivity contribution >= 4 is 23.6 Å². The highest BCUT2D eigenvalue weighted by molar-refractivity contribution is 6.02. The van der Waals surface area contributed by atoms with Gasteiger partial charge in [0.05, 0.1) is 12.2 Å². The first kappa shape index (κ1) is 15.5. The lowest BCUT2D eigenvalue weighted by Crippen LogP contribution is -2.09. The van der Waals surface area contributed by atoms with Crippen LogP contribution in [0.4, 0.5) is 5.69 Å². The molecule has 2 aromatic carbocycles. The molecule has 0 heterocycles. The third-order valence-electron chi connectivity index (χ3n) is 2.87. The monoisotopic (exact) mass is 295 g/mol. The van der Waals surface area contributed by atoms with Crippen LogP contribution >= 0.6 is 0 Å². The highest BCUT2D eigenvalue weighted by Crippen LogP contribution is 2.12. The van der Waals surface area contributed by atoms with E-state index in [4.69, 9.17) is 4.74 Å². The van der Waals surface area contributed by atoms with Crippen molar-refractivity contribution in [1.82, 2.24) is 0 Å². The largest absolute Gasteiger partial charge is 0.462 e.